The third-order valence-corrected chi connectivity index (χ3v) is 16.5. The normalized spacial score (nSPS) is 24.2. The maximum absolute atomic E-state index is 14.1. The molecule has 0 unspecified atom stereocenters. The maximum Gasteiger partial charge on any atom is 0.316 e. The molecule has 5 heterocycles. The summed E-state index contributed by atoms with van der Waals surface area (Å²) in [5.41, 5.74) is 3.14. The minimum absolute atomic E-state index is 0.0555. The highest BCUT2D eigenvalue weighted by Crippen LogP contribution is 2.53. The molecule has 2 aliphatic carbocycles. The Morgan fingerprint density at radius 2 is 1.81 bits per heavy atom. The van der Waals surface area contributed by atoms with Crippen molar-refractivity contribution in [1.29, 1.82) is 0 Å². The van der Waals surface area contributed by atoms with Crippen LogP contribution in [0.4, 0.5) is 11.4 Å². The van der Waals surface area contributed by atoms with E-state index in [0.29, 0.717) is 49.2 Å². The van der Waals surface area contributed by atoms with Gasteiger partial charge in [-0.15, -0.1) is 0 Å². The fourth-order valence-corrected chi connectivity index (χ4v) is 12.3. The summed E-state index contributed by atoms with van der Waals surface area (Å²) in [7, 11) is -4.69. The van der Waals surface area contributed by atoms with Crippen LogP contribution in [-0.4, -0.2) is 96.4 Å². The Morgan fingerprint density at radius 1 is 1.03 bits per heavy atom. The number of aromatic nitrogens is 2. The number of carbonyl (C=O) groups excluding carboxylic acids is 1. The summed E-state index contributed by atoms with van der Waals surface area (Å²) in [4.78, 5) is 37.7. The van der Waals surface area contributed by atoms with Gasteiger partial charge in [0.05, 0.1) is 46.4 Å². The van der Waals surface area contributed by atoms with Crippen molar-refractivity contribution in [2.75, 3.05) is 44.4 Å². The Bertz CT molecular complexity index is 2800. The maximum atomic E-state index is 14.1. The summed E-state index contributed by atoms with van der Waals surface area (Å²) in [6.45, 7) is 10.4. The van der Waals surface area contributed by atoms with Crippen molar-refractivity contribution >= 4 is 38.3 Å². The van der Waals surface area contributed by atoms with Gasteiger partial charge >= 0.3 is 5.69 Å². The van der Waals surface area contributed by atoms with E-state index in [1.165, 1.54) is 17.3 Å². The fraction of sp³-hybridized carbons (Fsp3) is 0.490. The number of pyridine rings is 1. The summed E-state index contributed by atoms with van der Waals surface area (Å²) in [6.07, 6.45) is 10.6. The summed E-state index contributed by atoms with van der Waals surface area (Å²) in [5.74, 6) is -0.103. The van der Waals surface area contributed by atoms with Crippen molar-refractivity contribution in [3.05, 3.63) is 106 Å². The standard InChI is InChI=1S/C51H60N6O10S/c1-32(2)40-6-4-5-7-41(40)44-31-64-21-20-56(44)36-27-51(28-36)15-18-55(19-16-51)35-8-9-42(45(24-35)66-37-23-34-12-17-52-48(34)53-29-37)49(58)54-68(62,63)39-25-43(57(60)61)47-46(26-39)65-30-38(67-47)22-33-10-13-50(3,59)14-11-33/h4-9,12,17,23-26,29,32-33,36,38,44,59H,10-11,13-16,18-22,27-28,30-31H2,1-3H3,(H,52,53)(H,54,58)/t33-,38-,44-,50-/m1/s1. The predicted molar refractivity (Wildman–Crippen MR) is 255 cm³/mol. The topological polar surface area (TPSA) is 199 Å². The summed E-state index contributed by atoms with van der Waals surface area (Å²) >= 11 is 0. The number of nitrogens with zero attached hydrogens (tertiary/aromatic N) is 4. The smallest absolute Gasteiger partial charge is 0.316 e. The van der Waals surface area contributed by atoms with E-state index in [0.717, 1.165) is 88.0 Å². The van der Waals surface area contributed by atoms with Crippen LogP contribution in [0.15, 0.2) is 84.0 Å². The number of H-pyrrole nitrogens is 1. The van der Waals surface area contributed by atoms with Gasteiger partial charge in [0, 0.05) is 61.1 Å². The number of ether oxygens (including phenoxy) is 4. The number of aliphatic hydroxyl groups is 1. The molecule has 3 N–H and O–H groups in total. The van der Waals surface area contributed by atoms with Crippen molar-refractivity contribution in [3.8, 4) is 23.0 Å². The van der Waals surface area contributed by atoms with Gasteiger partial charge in [0.2, 0.25) is 5.75 Å². The number of aromatic amines is 1. The molecule has 16 nitrogen and oxygen atoms in total. The number of sulfonamides is 1. The molecule has 68 heavy (non-hydrogen) atoms. The molecule has 17 heteroatoms. The largest absolute Gasteiger partial charge is 0.486 e. The Balaban J connectivity index is 0.847. The number of piperidine rings is 1. The first-order chi connectivity index (χ1) is 32.6. The molecule has 3 aromatic carbocycles. The van der Waals surface area contributed by atoms with Crippen molar-refractivity contribution in [2.45, 2.75) is 113 Å². The van der Waals surface area contributed by atoms with Crippen LogP contribution >= 0.6 is 0 Å². The van der Waals surface area contributed by atoms with Gasteiger partial charge in [-0.2, -0.15) is 0 Å². The van der Waals surface area contributed by atoms with Gasteiger partial charge in [-0.05, 0) is 117 Å². The van der Waals surface area contributed by atoms with Crippen LogP contribution < -0.4 is 23.8 Å². The lowest BCUT2D eigenvalue weighted by Gasteiger charge is -2.57. The third-order valence-electron chi connectivity index (χ3n) is 15.2. The number of fused-ring (bicyclic) bond motifs is 2. The van der Waals surface area contributed by atoms with E-state index >= 15 is 0 Å². The molecule has 0 radical (unpaired) electrons. The second-order valence-corrected chi connectivity index (χ2v) is 21.9. The van der Waals surface area contributed by atoms with Crippen LogP contribution in [0, 0.1) is 21.4 Å². The monoisotopic (exact) mass is 948 g/mol. The van der Waals surface area contributed by atoms with Gasteiger partial charge in [-0.1, -0.05) is 38.1 Å². The number of rotatable bonds is 12. The lowest BCUT2D eigenvalue weighted by molar-refractivity contribution is -0.386. The number of nitrogens with one attached hydrogen (secondary N) is 2. The number of nitro benzene ring substituents is 1. The Labute approximate surface area is 396 Å². The van der Waals surface area contributed by atoms with E-state index in [4.69, 9.17) is 18.9 Å². The Kier molecular flexibility index (Phi) is 12.4. The van der Waals surface area contributed by atoms with Gasteiger partial charge < -0.3 is 33.9 Å². The van der Waals surface area contributed by atoms with Crippen molar-refractivity contribution in [1.82, 2.24) is 19.6 Å². The minimum atomic E-state index is -4.69. The first-order valence-electron chi connectivity index (χ1n) is 24.0. The number of morpholine rings is 1. The molecule has 4 fully saturated rings. The molecule has 5 aliphatic rings. The number of carbonyl (C=O) groups is 1. The van der Waals surface area contributed by atoms with Crippen molar-refractivity contribution in [2.24, 2.45) is 11.3 Å². The minimum Gasteiger partial charge on any atom is -0.486 e. The molecule has 2 saturated heterocycles. The highest BCUT2D eigenvalue weighted by atomic mass is 32.2. The SMILES string of the molecule is CC(C)c1ccccc1[C@H]1COCCN1C1CC2(CCN(c3ccc(C(=O)NS(=O)(=O)c4cc5c(c([N+](=O)[O-])c4)O[C@H](C[C@H]4CC[C@](C)(O)CC4)CO5)c(Oc4cnc5[nH]ccc5c4)c3)CC2)C1. The number of hydrogen-bond acceptors (Lipinski definition) is 13. The lowest BCUT2D eigenvalue weighted by atomic mass is 9.59. The van der Waals surface area contributed by atoms with Crippen LogP contribution in [0.25, 0.3) is 11.0 Å². The zero-order valence-electron chi connectivity index (χ0n) is 38.8. The molecule has 1 amide bonds. The molecular formula is C51H60N6O10S. The second-order valence-electron chi connectivity index (χ2n) is 20.2. The van der Waals surface area contributed by atoms with E-state index < -0.39 is 43.1 Å². The van der Waals surface area contributed by atoms with Gasteiger partial charge in [-0.3, -0.25) is 19.8 Å². The van der Waals surface area contributed by atoms with E-state index in [2.05, 4.69) is 62.6 Å². The number of anilines is 1. The van der Waals surface area contributed by atoms with E-state index in [-0.39, 0.29) is 46.8 Å². The highest BCUT2D eigenvalue weighted by molar-refractivity contribution is 7.90. The average Bonchev–Trinajstić information content (AvgIpc) is 3.79. The molecule has 2 atom stereocenters. The first kappa shape index (κ1) is 46.0. The Hall–Kier alpha value is -5.75. The lowest BCUT2D eigenvalue weighted by Crippen LogP contribution is -2.58. The second kappa shape index (κ2) is 18.3. The number of benzene rings is 3. The fourth-order valence-electron chi connectivity index (χ4n) is 11.3. The number of nitro groups is 1. The summed E-state index contributed by atoms with van der Waals surface area (Å²) in [5, 5.41) is 23.5. The molecule has 2 aromatic heterocycles. The highest BCUT2D eigenvalue weighted by Gasteiger charge is 2.50. The molecule has 5 aromatic rings. The van der Waals surface area contributed by atoms with Crippen LogP contribution in [0.2, 0.25) is 0 Å². The van der Waals surface area contributed by atoms with Crippen LogP contribution in [-0.2, 0) is 14.8 Å². The molecule has 3 aliphatic heterocycles. The number of amides is 1. The van der Waals surface area contributed by atoms with Crippen molar-refractivity contribution in [3.63, 3.8) is 0 Å². The molecule has 0 bridgehead atoms. The van der Waals surface area contributed by atoms with Gasteiger partial charge in [0.15, 0.2) is 5.75 Å². The zero-order valence-corrected chi connectivity index (χ0v) is 39.6. The summed E-state index contributed by atoms with van der Waals surface area (Å²) < 4.78 is 54.5. The van der Waals surface area contributed by atoms with Gasteiger partial charge in [0.25, 0.3) is 15.9 Å². The molecular weight excluding hydrogens is 889 g/mol. The molecule has 2 saturated carbocycles. The van der Waals surface area contributed by atoms with Crippen LogP contribution in [0.1, 0.15) is 112 Å². The predicted octanol–water partition coefficient (Wildman–Crippen LogP) is 8.80. The van der Waals surface area contributed by atoms with Gasteiger partial charge in [-0.25, -0.2) is 18.1 Å². The average molecular weight is 949 g/mol. The Morgan fingerprint density at radius 3 is 2.57 bits per heavy atom. The zero-order chi connectivity index (χ0) is 47.4. The molecule has 10 rings (SSSR count). The molecule has 1 spiro atoms. The summed E-state index contributed by atoms with van der Waals surface area (Å²) in [6, 6.07) is 20.3. The van der Waals surface area contributed by atoms with E-state index in [9.17, 15) is 28.4 Å². The van der Waals surface area contributed by atoms with Crippen molar-refractivity contribution < 1.29 is 42.2 Å². The third kappa shape index (κ3) is 9.37. The molecule has 360 valence electrons. The first-order valence-corrected chi connectivity index (χ1v) is 25.4. The quantitative estimate of drug-likeness (QED) is 0.0793. The van der Waals surface area contributed by atoms with Crippen LogP contribution in [0.5, 0.6) is 23.0 Å². The van der Waals surface area contributed by atoms with Gasteiger partial charge in [0.1, 0.15) is 29.9 Å². The van der Waals surface area contributed by atoms with E-state index in [1.807, 2.05) is 13.0 Å². The van der Waals surface area contributed by atoms with E-state index in [1.54, 1.807) is 30.5 Å². The van der Waals surface area contributed by atoms with Crippen LogP contribution in [0.3, 0.4) is 0 Å². The number of hydrogen-bond donors (Lipinski definition) is 3.